The highest BCUT2D eigenvalue weighted by Gasteiger charge is 2.30. The van der Waals surface area contributed by atoms with Crippen LogP contribution in [0.3, 0.4) is 0 Å². The van der Waals surface area contributed by atoms with Crippen molar-refractivity contribution in [2.24, 2.45) is 5.92 Å². The molecule has 0 bridgehead atoms. The molecule has 0 aromatic rings. The summed E-state index contributed by atoms with van der Waals surface area (Å²) < 4.78 is 27.5. The number of nitrogens with one attached hydrogen (secondary N) is 1. The van der Waals surface area contributed by atoms with Crippen molar-refractivity contribution in [2.75, 3.05) is 18.6 Å². The Bertz CT molecular complexity index is 366. The van der Waals surface area contributed by atoms with Crippen LogP contribution in [0.5, 0.6) is 0 Å². The number of methoxy groups -OCH3 is 1. The Morgan fingerprint density at radius 1 is 1.39 bits per heavy atom. The monoisotopic (exact) mass is 277 g/mol. The van der Waals surface area contributed by atoms with Gasteiger partial charge in [0, 0.05) is 6.04 Å². The highest BCUT2D eigenvalue weighted by Crippen LogP contribution is 2.16. The van der Waals surface area contributed by atoms with Crippen molar-refractivity contribution in [3.05, 3.63) is 0 Å². The van der Waals surface area contributed by atoms with Crippen molar-refractivity contribution in [1.29, 1.82) is 0 Å². The summed E-state index contributed by atoms with van der Waals surface area (Å²) >= 11 is 0. The van der Waals surface area contributed by atoms with Crippen LogP contribution in [0.15, 0.2) is 0 Å². The van der Waals surface area contributed by atoms with E-state index in [1.165, 1.54) is 7.11 Å². The Kier molecular flexibility index (Phi) is 5.59. The van der Waals surface area contributed by atoms with E-state index in [0.29, 0.717) is 12.8 Å². The van der Waals surface area contributed by atoms with E-state index in [4.69, 9.17) is 4.74 Å². The molecule has 1 aliphatic rings. The van der Waals surface area contributed by atoms with Crippen molar-refractivity contribution in [1.82, 2.24) is 5.32 Å². The molecule has 1 aliphatic heterocycles. The Morgan fingerprint density at radius 2 is 1.94 bits per heavy atom. The predicted octanol–water partition coefficient (Wildman–Crippen LogP) is 0.741. The molecule has 106 valence electrons. The molecular formula is C12H23NO4S. The minimum atomic E-state index is -2.86. The molecule has 2 atom stereocenters. The zero-order chi connectivity index (χ0) is 13.8. The Labute approximate surface area is 109 Å². The van der Waals surface area contributed by atoms with Gasteiger partial charge in [-0.1, -0.05) is 20.3 Å². The molecule has 1 rings (SSSR count). The molecule has 0 radical (unpaired) electrons. The van der Waals surface area contributed by atoms with E-state index in [1.54, 1.807) is 0 Å². The fourth-order valence-corrected chi connectivity index (χ4v) is 3.63. The molecule has 0 aromatic carbocycles. The maximum absolute atomic E-state index is 11.7. The van der Waals surface area contributed by atoms with Gasteiger partial charge in [0.2, 0.25) is 0 Å². The molecular weight excluding hydrogens is 254 g/mol. The topological polar surface area (TPSA) is 72.5 Å². The van der Waals surface area contributed by atoms with Crippen LogP contribution in [-0.4, -0.2) is 45.1 Å². The number of sulfone groups is 1. The molecule has 0 saturated carbocycles. The summed E-state index contributed by atoms with van der Waals surface area (Å²) in [6.07, 6.45) is 2.02. The molecule has 0 aromatic heterocycles. The highest BCUT2D eigenvalue weighted by atomic mass is 32.2. The lowest BCUT2D eigenvalue weighted by Crippen LogP contribution is -2.50. The van der Waals surface area contributed by atoms with Crippen molar-refractivity contribution in [3.63, 3.8) is 0 Å². The lowest BCUT2D eigenvalue weighted by molar-refractivity contribution is -0.144. The van der Waals surface area contributed by atoms with Crippen molar-refractivity contribution < 1.29 is 17.9 Å². The van der Waals surface area contributed by atoms with E-state index in [2.05, 4.69) is 5.32 Å². The SMILES string of the molecule is CCC(C)C(NC1CCS(=O)(=O)CC1)C(=O)OC. The molecule has 0 amide bonds. The first kappa shape index (κ1) is 15.4. The standard InChI is InChI=1S/C12H23NO4S/c1-4-9(2)11(12(14)17-3)13-10-5-7-18(15,16)8-6-10/h9-11,13H,4-8H2,1-3H3. The van der Waals surface area contributed by atoms with Crippen LogP contribution in [0, 0.1) is 5.92 Å². The van der Waals surface area contributed by atoms with E-state index in [9.17, 15) is 13.2 Å². The summed E-state index contributed by atoms with van der Waals surface area (Å²) in [6, 6.07) is -0.252. The van der Waals surface area contributed by atoms with Gasteiger partial charge >= 0.3 is 5.97 Å². The normalized spacial score (nSPS) is 23.3. The number of hydrogen-bond donors (Lipinski definition) is 1. The molecule has 18 heavy (non-hydrogen) atoms. The molecule has 1 fully saturated rings. The van der Waals surface area contributed by atoms with Gasteiger partial charge in [0.25, 0.3) is 0 Å². The Balaban J connectivity index is 2.59. The zero-order valence-corrected chi connectivity index (χ0v) is 12.1. The predicted molar refractivity (Wildman–Crippen MR) is 70.1 cm³/mol. The van der Waals surface area contributed by atoms with Crippen LogP contribution in [0.25, 0.3) is 0 Å². The van der Waals surface area contributed by atoms with Gasteiger partial charge < -0.3 is 10.1 Å². The second kappa shape index (κ2) is 6.52. The van der Waals surface area contributed by atoms with E-state index in [1.807, 2.05) is 13.8 Å². The fraction of sp³-hybridized carbons (Fsp3) is 0.917. The number of esters is 1. The number of rotatable bonds is 5. The third-order valence-electron chi connectivity index (χ3n) is 3.64. The molecule has 0 spiro atoms. The summed E-state index contributed by atoms with van der Waals surface area (Å²) in [6.45, 7) is 4.02. The lowest BCUT2D eigenvalue weighted by Gasteiger charge is -2.29. The van der Waals surface area contributed by atoms with E-state index >= 15 is 0 Å². The number of carbonyl (C=O) groups is 1. The summed E-state index contributed by atoms with van der Waals surface area (Å²) in [7, 11) is -1.48. The number of carbonyl (C=O) groups excluding carboxylic acids is 1. The Morgan fingerprint density at radius 3 is 2.39 bits per heavy atom. The van der Waals surface area contributed by atoms with Crippen LogP contribution in [0.4, 0.5) is 0 Å². The lowest BCUT2D eigenvalue weighted by atomic mass is 9.97. The van der Waals surface area contributed by atoms with Crippen molar-refractivity contribution in [3.8, 4) is 0 Å². The van der Waals surface area contributed by atoms with E-state index in [-0.39, 0.29) is 35.5 Å². The van der Waals surface area contributed by atoms with Crippen molar-refractivity contribution >= 4 is 15.8 Å². The van der Waals surface area contributed by atoms with Gasteiger partial charge in [0.05, 0.1) is 18.6 Å². The zero-order valence-electron chi connectivity index (χ0n) is 11.3. The summed E-state index contributed by atoms with van der Waals surface area (Å²) in [5.41, 5.74) is 0. The maximum Gasteiger partial charge on any atom is 0.323 e. The van der Waals surface area contributed by atoms with Gasteiger partial charge in [-0.25, -0.2) is 8.42 Å². The van der Waals surface area contributed by atoms with E-state index in [0.717, 1.165) is 6.42 Å². The number of ether oxygens (including phenoxy) is 1. The third kappa shape index (κ3) is 4.24. The average Bonchev–Trinajstić information content (AvgIpc) is 2.35. The summed E-state index contributed by atoms with van der Waals surface area (Å²) in [5.74, 6) is 0.326. The van der Waals surface area contributed by atoms with Crippen LogP contribution in [0.1, 0.15) is 33.1 Å². The second-order valence-corrected chi connectivity index (χ2v) is 7.28. The average molecular weight is 277 g/mol. The molecule has 1 N–H and O–H groups in total. The summed E-state index contributed by atoms with van der Waals surface area (Å²) in [4.78, 5) is 11.7. The van der Waals surface area contributed by atoms with Gasteiger partial charge in [-0.15, -0.1) is 0 Å². The van der Waals surface area contributed by atoms with Crippen LogP contribution >= 0.6 is 0 Å². The molecule has 2 unspecified atom stereocenters. The van der Waals surface area contributed by atoms with Gasteiger partial charge in [0.1, 0.15) is 15.9 Å². The van der Waals surface area contributed by atoms with E-state index < -0.39 is 9.84 Å². The maximum atomic E-state index is 11.7. The van der Waals surface area contributed by atoms with Gasteiger partial charge in [0.15, 0.2) is 0 Å². The largest absolute Gasteiger partial charge is 0.468 e. The summed E-state index contributed by atoms with van der Waals surface area (Å²) in [5, 5.41) is 3.26. The van der Waals surface area contributed by atoms with Crippen LogP contribution < -0.4 is 5.32 Å². The fourth-order valence-electron chi connectivity index (χ4n) is 2.14. The van der Waals surface area contributed by atoms with Crippen molar-refractivity contribution in [2.45, 2.75) is 45.2 Å². The van der Waals surface area contributed by atoms with Crippen LogP contribution in [0.2, 0.25) is 0 Å². The Hall–Kier alpha value is -0.620. The van der Waals surface area contributed by atoms with Gasteiger partial charge in [-0.2, -0.15) is 0 Å². The minimum absolute atomic E-state index is 0.0895. The first-order chi connectivity index (χ1) is 8.39. The molecule has 1 saturated heterocycles. The van der Waals surface area contributed by atoms with Crippen LogP contribution in [-0.2, 0) is 19.4 Å². The van der Waals surface area contributed by atoms with Gasteiger partial charge in [-0.3, -0.25) is 4.79 Å². The second-order valence-electron chi connectivity index (χ2n) is 4.98. The minimum Gasteiger partial charge on any atom is -0.468 e. The molecule has 5 nitrogen and oxygen atoms in total. The molecule has 1 heterocycles. The number of hydrogen-bond acceptors (Lipinski definition) is 5. The molecule has 0 aliphatic carbocycles. The molecule has 6 heteroatoms. The highest BCUT2D eigenvalue weighted by molar-refractivity contribution is 7.91. The quantitative estimate of drug-likeness (QED) is 0.750. The smallest absolute Gasteiger partial charge is 0.323 e. The van der Waals surface area contributed by atoms with Gasteiger partial charge in [-0.05, 0) is 18.8 Å². The first-order valence-electron chi connectivity index (χ1n) is 6.44. The third-order valence-corrected chi connectivity index (χ3v) is 5.35. The first-order valence-corrected chi connectivity index (χ1v) is 8.26.